The Morgan fingerprint density at radius 2 is 2.00 bits per heavy atom. The summed E-state index contributed by atoms with van der Waals surface area (Å²) in [7, 11) is 0. The fourth-order valence-corrected chi connectivity index (χ4v) is 1.13. The number of nitrogens with one attached hydrogen (secondary N) is 1. The zero-order chi connectivity index (χ0) is 10.2. The first kappa shape index (κ1) is 13.7. The van der Waals surface area contributed by atoms with Crippen LogP contribution in [0.4, 0.5) is 0 Å². The molecule has 1 heterocycles. The van der Waals surface area contributed by atoms with Crippen molar-refractivity contribution in [1.82, 2.24) is 5.32 Å². The Kier molecular flexibility index (Phi) is 7.28. The van der Waals surface area contributed by atoms with Crippen LogP contribution in [0.5, 0.6) is 0 Å². The minimum atomic E-state index is -0.108. The Balaban J connectivity index is 0.00000196. The van der Waals surface area contributed by atoms with Gasteiger partial charge in [0.05, 0.1) is 0 Å². The minimum absolute atomic E-state index is 0. The molecule has 0 bridgehead atoms. The molecular formula is C11H15ClN2O. The van der Waals surface area contributed by atoms with Crippen molar-refractivity contribution in [3.8, 4) is 0 Å². The van der Waals surface area contributed by atoms with E-state index in [1.54, 1.807) is 0 Å². The van der Waals surface area contributed by atoms with E-state index in [9.17, 15) is 4.79 Å². The van der Waals surface area contributed by atoms with Crippen molar-refractivity contribution in [2.45, 2.75) is 13.0 Å². The second-order valence-electron chi connectivity index (χ2n) is 2.96. The lowest BCUT2D eigenvalue weighted by Crippen LogP contribution is -3.00. The third kappa shape index (κ3) is 5.86. The van der Waals surface area contributed by atoms with Gasteiger partial charge in [-0.2, -0.15) is 0 Å². The number of amides is 1. The van der Waals surface area contributed by atoms with Crippen LogP contribution in [0, 0.1) is 0 Å². The third-order valence-electron chi connectivity index (χ3n) is 1.86. The molecule has 0 saturated carbocycles. The maximum Gasteiger partial charge on any atom is 0.243 e. The molecule has 3 nitrogen and oxygen atoms in total. The SMILES string of the molecule is C=CC(=O)NCCC[n+]1ccccc1.[Cl-]. The molecule has 0 aliphatic carbocycles. The highest BCUT2D eigenvalue weighted by molar-refractivity contribution is 5.86. The predicted octanol–water partition coefficient (Wildman–Crippen LogP) is -2.33. The standard InChI is InChI=1S/C11H14N2O.ClH/c1-2-11(14)12-7-6-10-13-8-4-3-5-9-13;/h2-5,8-9H,1,6-7,10H2;1H. The van der Waals surface area contributed by atoms with Crippen molar-refractivity contribution in [2.75, 3.05) is 6.54 Å². The van der Waals surface area contributed by atoms with Gasteiger partial charge in [-0.25, -0.2) is 4.57 Å². The highest BCUT2D eigenvalue weighted by Gasteiger charge is 1.98. The summed E-state index contributed by atoms with van der Waals surface area (Å²) in [6, 6.07) is 5.96. The molecule has 0 aromatic carbocycles. The molecule has 82 valence electrons. The van der Waals surface area contributed by atoms with Crippen molar-refractivity contribution < 1.29 is 21.8 Å². The highest BCUT2D eigenvalue weighted by atomic mass is 35.5. The molecule has 0 atom stereocenters. The zero-order valence-corrected chi connectivity index (χ0v) is 9.28. The molecule has 0 saturated heterocycles. The van der Waals surface area contributed by atoms with Crippen molar-refractivity contribution in [3.63, 3.8) is 0 Å². The Morgan fingerprint density at radius 3 is 2.60 bits per heavy atom. The Labute approximate surface area is 96.2 Å². The summed E-state index contributed by atoms with van der Waals surface area (Å²) in [4.78, 5) is 10.8. The number of rotatable bonds is 5. The van der Waals surface area contributed by atoms with E-state index in [0.717, 1.165) is 13.0 Å². The number of pyridine rings is 1. The molecule has 1 rings (SSSR count). The smallest absolute Gasteiger partial charge is 0.243 e. The molecule has 0 radical (unpaired) electrons. The molecule has 0 aliphatic heterocycles. The van der Waals surface area contributed by atoms with Gasteiger partial charge >= 0.3 is 0 Å². The number of carbonyl (C=O) groups is 1. The van der Waals surface area contributed by atoms with Crippen molar-refractivity contribution in [3.05, 3.63) is 43.2 Å². The van der Waals surface area contributed by atoms with E-state index in [1.165, 1.54) is 6.08 Å². The molecule has 0 unspecified atom stereocenters. The molecule has 1 aromatic rings. The molecule has 1 aromatic heterocycles. The average Bonchev–Trinajstić information content (AvgIpc) is 2.25. The van der Waals surface area contributed by atoms with Gasteiger partial charge in [0.15, 0.2) is 12.4 Å². The van der Waals surface area contributed by atoms with E-state index in [1.807, 2.05) is 30.6 Å². The summed E-state index contributed by atoms with van der Waals surface area (Å²) >= 11 is 0. The van der Waals surface area contributed by atoms with Gasteiger partial charge in [0.2, 0.25) is 5.91 Å². The average molecular weight is 227 g/mol. The predicted molar refractivity (Wildman–Crippen MR) is 54.5 cm³/mol. The number of aromatic nitrogens is 1. The number of carbonyl (C=O) groups excluding carboxylic acids is 1. The number of halogens is 1. The lowest BCUT2D eigenvalue weighted by atomic mass is 10.4. The first-order chi connectivity index (χ1) is 6.83. The summed E-state index contributed by atoms with van der Waals surface area (Å²) < 4.78 is 2.08. The summed E-state index contributed by atoms with van der Waals surface area (Å²) in [6.45, 7) is 4.98. The van der Waals surface area contributed by atoms with Crippen LogP contribution in [0.15, 0.2) is 43.2 Å². The minimum Gasteiger partial charge on any atom is -1.00 e. The lowest BCUT2D eigenvalue weighted by Gasteiger charge is -1.99. The molecule has 1 N–H and O–H groups in total. The van der Waals surface area contributed by atoms with Gasteiger partial charge in [-0.15, -0.1) is 0 Å². The van der Waals surface area contributed by atoms with Gasteiger partial charge in [-0.05, 0) is 6.08 Å². The van der Waals surface area contributed by atoms with Crippen LogP contribution < -0.4 is 22.3 Å². The fourth-order valence-electron chi connectivity index (χ4n) is 1.13. The molecule has 0 aliphatic rings. The summed E-state index contributed by atoms with van der Waals surface area (Å²) in [5.41, 5.74) is 0. The Morgan fingerprint density at radius 1 is 1.33 bits per heavy atom. The van der Waals surface area contributed by atoms with Crippen molar-refractivity contribution in [1.29, 1.82) is 0 Å². The summed E-state index contributed by atoms with van der Waals surface area (Å²) in [5, 5.41) is 2.73. The van der Waals surface area contributed by atoms with Crippen LogP contribution >= 0.6 is 0 Å². The van der Waals surface area contributed by atoms with E-state index in [0.29, 0.717) is 6.54 Å². The van der Waals surface area contributed by atoms with Gasteiger partial charge in [-0.1, -0.05) is 12.6 Å². The molecule has 4 heteroatoms. The zero-order valence-electron chi connectivity index (χ0n) is 8.53. The maximum atomic E-state index is 10.8. The van der Waals surface area contributed by atoms with Crippen molar-refractivity contribution in [2.24, 2.45) is 0 Å². The highest BCUT2D eigenvalue weighted by Crippen LogP contribution is 1.81. The number of hydrogen-bond donors (Lipinski definition) is 1. The first-order valence-electron chi connectivity index (χ1n) is 4.67. The lowest BCUT2D eigenvalue weighted by molar-refractivity contribution is -0.697. The summed E-state index contributed by atoms with van der Waals surface area (Å²) in [6.07, 6.45) is 6.23. The molecule has 0 fully saturated rings. The Bertz CT molecular complexity index is 301. The molecule has 15 heavy (non-hydrogen) atoms. The number of hydrogen-bond acceptors (Lipinski definition) is 1. The van der Waals surface area contributed by atoms with E-state index in [4.69, 9.17) is 0 Å². The number of aryl methyl sites for hydroxylation is 1. The van der Waals surface area contributed by atoms with Gasteiger partial charge in [-0.3, -0.25) is 4.79 Å². The number of nitrogens with zero attached hydrogens (tertiary/aromatic N) is 1. The van der Waals surface area contributed by atoms with Crippen molar-refractivity contribution >= 4 is 5.91 Å². The second-order valence-corrected chi connectivity index (χ2v) is 2.96. The fraction of sp³-hybridized carbons (Fsp3) is 0.273. The van der Waals surface area contributed by atoms with Crippen LogP contribution in [0.25, 0.3) is 0 Å². The monoisotopic (exact) mass is 226 g/mol. The van der Waals surface area contributed by atoms with Gasteiger partial charge in [0.1, 0.15) is 6.54 Å². The topological polar surface area (TPSA) is 33.0 Å². The van der Waals surface area contributed by atoms with Gasteiger partial charge < -0.3 is 17.7 Å². The molecular weight excluding hydrogens is 212 g/mol. The van der Waals surface area contributed by atoms with Crippen LogP contribution in [-0.2, 0) is 11.3 Å². The van der Waals surface area contributed by atoms with Crippen LogP contribution in [-0.4, -0.2) is 12.5 Å². The van der Waals surface area contributed by atoms with E-state index in [-0.39, 0.29) is 18.3 Å². The largest absolute Gasteiger partial charge is 1.00 e. The van der Waals surface area contributed by atoms with Gasteiger partial charge in [0.25, 0.3) is 0 Å². The second kappa shape index (κ2) is 8.00. The quantitative estimate of drug-likeness (QED) is 0.341. The van der Waals surface area contributed by atoms with Crippen LogP contribution in [0.1, 0.15) is 6.42 Å². The Hall–Kier alpha value is -1.35. The van der Waals surface area contributed by atoms with E-state index >= 15 is 0 Å². The first-order valence-corrected chi connectivity index (χ1v) is 4.67. The van der Waals surface area contributed by atoms with Gasteiger partial charge in [0, 0.05) is 25.1 Å². The summed E-state index contributed by atoms with van der Waals surface area (Å²) in [5.74, 6) is -0.108. The molecule has 0 spiro atoms. The van der Waals surface area contributed by atoms with Crippen LogP contribution in [0.3, 0.4) is 0 Å². The third-order valence-corrected chi connectivity index (χ3v) is 1.86. The van der Waals surface area contributed by atoms with Crippen LogP contribution in [0.2, 0.25) is 0 Å². The normalized spacial score (nSPS) is 8.80. The van der Waals surface area contributed by atoms with E-state index < -0.39 is 0 Å². The van der Waals surface area contributed by atoms with E-state index in [2.05, 4.69) is 16.5 Å². The molecule has 1 amide bonds. The maximum absolute atomic E-state index is 10.8.